The molecule has 142 valence electrons. The highest BCUT2D eigenvalue weighted by Gasteiger charge is 2.12. The molecule has 0 saturated carbocycles. The van der Waals surface area contributed by atoms with Gasteiger partial charge in [0.25, 0.3) is 0 Å². The Morgan fingerprint density at radius 1 is 1.04 bits per heavy atom. The van der Waals surface area contributed by atoms with Crippen LogP contribution in [0.15, 0.2) is 40.9 Å². The van der Waals surface area contributed by atoms with Crippen molar-refractivity contribution in [2.24, 2.45) is 0 Å². The van der Waals surface area contributed by atoms with Gasteiger partial charge in [-0.15, -0.1) is 0 Å². The Morgan fingerprint density at radius 3 is 2.46 bits per heavy atom. The van der Waals surface area contributed by atoms with Crippen LogP contribution in [0.3, 0.4) is 0 Å². The molecule has 0 fully saturated rings. The molecular weight excluding hydrogens is 416 g/mol. The van der Waals surface area contributed by atoms with Crippen LogP contribution < -0.4 is 20.1 Å². The van der Waals surface area contributed by atoms with Crippen LogP contribution in [-0.2, 0) is 13.2 Å². The third-order valence-corrected chi connectivity index (χ3v) is 4.71. The number of methoxy groups -OCH3 is 1. The molecule has 0 unspecified atom stereocenters. The van der Waals surface area contributed by atoms with Crippen molar-refractivity contribution in [1.82, 2.24) is 10.6 Å². The lowest BCUT2D eigenvalue weighted by atomic mass is 10.2. The van der Waals surface area contributed by atoms with Crippen LogP contribution in [0.2, 0.25) is 5.02 Å². The lowest BCUT2D eigenvalue weighted by Crippen LogP contribution is -2.21. The molecule has 0 aliphatic heterocycles. The monoisotopic (exact) mass is 440 g/mol. The fraction of sp³-hybridized carbons (Fsp3) is 0.400. The summed E-state index contributed by atoms with van der Waals surface area (Å²) in [5.74, 6) is 1.43. The number of ether oxygens (including phenoxy) is 2. The van der Waals surface area contributed by atoms with Gasteiger partial charge >= 0.3 is 0 Å². The van der Waals surface area contributed by atoms with E-state index in [0.29, 0.717) is 12.4 Å². The van der Waals surface area contributed by atoms with Crippen molar-refractivity contribution in [3.8, 4) is 11.5 Å². The van der Waals surface area contributed by atoms with E-state index in [4.69, 9.17) is 21.1 Å². The van der Waals surface area contributed by atoms with Crippen molar-refractivity contribution in [3.05, 3.63) is 57.0 Å². The fourth-order valence-electron chi connectivity index (χ4n) is 2.50. The lowest BCUT2D eigenvalue weighted by Gasteiger charge is -2.15. The number of hydrogen-bond donors (Lipinski definition) is 2. The van der Waals surface area contributed by atoms with Gasteiger partial charge in [0.2, 0.25) is 0 Å². The van der Waals surface area contributed by atoms with Gasteiger partial charge in [-0.2, -0.15) is 0 Å². The molecular formula is C20H26BrClN2O2. The van der Waals surface area contributed by atoms with E-state index in [9.17, 15) is 0 Å². The van der Waals surface area contributed by atoms with E-state index in [2.05, 4.69) is 39.6 Å². The number of hydrogen-bond acceptors (Lipinski definition) is 4. The second-order valence-corrected chi connectivity index (χ2v) is 7.20. The van der Waals surface area contributed by atoms with Crippen molar-refractivity contribution >= 4 is 27.5 Å². The van der Waals surface area contributed by atoms with Gasteiger partial charge in [-0.05, 0) is 77.4 Å². The highest BCUT2D eigenvalue weighted by atomic mass is 79.9. The molecule has 2 aromatic carbocycles. The maximum absolute atomic E-state index is 5.97. The summed E-state index contributed by atoms with van der Waals surface area (Å²) in [5.41, 5.74) is 2.20. The highest BCUT2D eigenvalue weighted by molar-refractivity contribution is 9.10. The molecule has 2 N–H and O–H groups in total. The smallest absolute Gasteiger partial charge is 0.175 e. The van der Waals surface area contributed by atoms with Crippen LogP contribution in [0, 0.1) is 0 Å². The molecule has 0 amide bonds. The summed E-state index contributed by atoms with van der Waals surface area (Å²) in [7, 11) is 1.66. The number of benzene rings is 2. The molecule has 0 spiro atoms. The van der Waals surface area contributed by atoms with Gasteiger partial charge in [-0.1, -0.05) is 30.7 Å². The average Bonchev–Trinajstić information content (AvgIpc) is 2.64. The zero-order valence-electron chi connectivity index (χ0n) is 15.3. The number of nitrogens with one attached hydrogen (secondary N) is 2. The second kappa shape index (κ2) is 11.4. The highest BCUT2D eigenvalue weighted by Crippen LogP contribution is 2.37. The molecule has 2 rings (SSSR count). The fourth-order valence-corrected chi connectivity index (χ4v) is 3.23. The first-order valence-corrected chi connectivity index (χ1v) is 9.96. The molecule has 0 bridgehead atoms. The topological polar surface area (TPSA) is 42.5 Å². The van der Waals surface area contributed by atoms with Crippen molar-refractivity contribution in [2.75, 3.05) is 26.7 Å². The summed E-state index contributed by atoms with van der Waals surface area (Å²) in [4.78, 5) is 0. The minimum absolute atomic E-state index is 0.453. The van der Waals surface area contributed by atoms with Crippen molar-refractivity contribution in [1.29, 1.82) is 0 Å². The normalized spacial score (nSPS) is 10.8. The van der Waals surface area contributed by atoms with Crippen LogP contribution in [0.5, 0.6) is 11.5 Å². The van der Waals surface area contributed by atoms with Crippen LogP contribution in [-0.4, -0.2) is 26.7 Å². The van der Waals surface area contributed by atoms with E-state index >= 15 is 0 Å². The number of halogens is 2. The summed E-state index contributed by atoms with van der Waals surface area (Å²) >= 11 is 9.52. The molecule has 0 aliphatic rings. The molecule has 0 atom stereocenters. The predicted molar refractivity (Wildman–Crippen MR) is 111 cm³/mol. The molecule has 0 radical (unpaired) electrons. The Kier molecular flexibility index (Phi) is 9.26. The molecule has 6 heteroatoms. The summed E-state index contributed by atoms with van der Waals surface area (Å²) in [6.07, 6.45) is 1.11. The maximum Gasteiger partial charge on any atom is 0.175 e. The quantitative estimate of drug-likeness (QED) is 0.493. The Morgan fingerprint density at radius 2 is 1.77 bits per heavy atom. The molecule has 0 heterocycles. The van der Waals surface area contributed by atoms with Crippen LogP contribution in [0.4, 0.5) is 0 Å². The van der Waals surface area contributed by atoms with Gasteiger partial charge in [0.05, 0.1) is 11.6 Å². The van der Waals surface area contributed by atoms with Crippen LogP contribution in [0.1, 0.15) is 24.5 Å². The second-order valence-electron chi connectivity index (χ2n) is 5.91. The standard InChI is InChI=1S/C20H26BrClN2O2/c1-3-23-9-4-10-24-13-16-11-18(21)20(19(12-16)25-2)26-14-15-5-7-17(22)8-6-15/h5-8,11-12,23-24H,3-4,9-10,13-14H2,1-2H3. The Balaban J connectivity index is 1.94. The molecule has 4 nitrogen and oxygen atoms in total. The number of rotatable bonds is 11. The predicted octanol–water partition coefficient (Wildman–Crippen LogP) is 4.78. The average molecular weight is 442 g/mol. The molecule has 0 aromatic heterocycles. The van der Waals surface area contributed by atoms with Gasteiger partial charge in [0.1, 0.15) is 6.61 Å². The third kappa shape index (κ3) is 6.80. The first-order valence-electron chi connectivity index (χ1n) is 8.79. The summed E-state index contributed by atoms with van der Waals surface area (Å²) in [6.45, 7) is 6.39. The summed E-state index contributed by atoms with van der Waals surface area (Å²) < 4.78 is 12.4. The van der Waals surface area contributed by atoms with E-state index in [0.717, 1.165) is 59.0 Å². The zero-order valence-corrected chi connectivity index (χ0v) is 17.6. The van der Waals surface area contributed by atoms with E-state index in [1.807, 2.05) is 30.3 Å². The Labute approximate surface area is 169 Å². The third-order valence-electron chi connectivity index (χ3n) is 3.87. The van der Waals surface area contributed by atoms with Gasteiger partial charge in [-0.25, -0.2) is 0 Å². The Hall–Kier alpha value is -1.27. The Bertz CT molecular complexity index is 680. The minimum Gasteiger partial charge on any atom is -0.493 e. The zero-order chi connectivity index (χ0) is 18.8. The minimum atomic E-state index is 0.453. The van der Waals surface area contributed by atoms with Crippen LogP contribution in [0.25, 0.3) is 0 Å². The SMILES string of the molecule is CCNCCCNCc1cc(Br)c(OCc2ccc(Cl)cc2)c(OC)c1. The summed E-state index contributed by atoms with van der Waals surface area (Å²) in [5, 5.41) is 7.49. The van der Waals surface area contributed by atoms with Crippen molar-refractivity contribution < 1.29 is 9.47 Å². The molecule has 0 aliphatic carbocycles. The largest absolute Gasteiger partial charge is 0.493 e. The van der Waals surface area contributed by atoms with Gasteiger partial charge in [-0.3, -0.25) is 0 Å². The van der Waals surface area contributed by atoms with Crippen molar-refractivity contribution in [2.45, 2.75) is 26.5 Å². The maximum atomic E-state index is 5.97. The lowest BCUT2D eigenvalue weighted by molar-refractivity contribution is 0.282. The molecule has 26 heavy (non-hydrogen) atoms. The van der Waals surface area contributed by atoms with Gasteiger partial charge < -0.3 is 20.1 Å². The summed E-state index contributed by atoms with van der Waals surface area (Å²) in [6, 6.07) is 11.7. The van der Waals surface area contributed by atoms with Crippen molar-refractivity contribution in [3.63, 3.8) is 0 Å². The van der Waals surface area contributed by atoms with Gasteiger partial charge in [0, 0.05) is 11.6 Å². The van der Waals surface area contributed by atoms with E-state index in [1.54, 1.807) is 7.11 Å². The first kappa shape index (κ1) is 21.0. The molecule has 0 saturated heterocycles. The van der Waals surface area contributed by atoms with Crippen LogP contribution >= 0.6 is 27.5 Å². The van der Waals surface area contributed by atoms with E-state index in [1.165, 1.54) is 0 Å². The van der Waals surface area contributed by atoms with E-state index in [-0.39, 0.29) is 0 Å². The first-order chi connectivity index (χ1) is 12.6. The van der Waals surface area contributed by atoms with E-state index < -0.39 is 0 Å². The van der Waals surface area contributed by atoms with Gasteiger partial charge in [0.15, 0.2) is 11.5 Å². The molecule has 2 aromatic rings.